The molecular weight excluding hydrogens is 316 g/mol. The Morgan fingerprint density at radius 3 is 2.43 bits per heavy atom. The predicted octanol–water partition coefficient (Wildman–Crippen LogP) is 4.76. The number of methoxy groups -OCH3 is 2. The molecule has 0 unspecified atom stereocenters. The average Bonchev–Trinajstić information content (AvgIpc) is 3.04. The van der Waals surface area contributed by atoms with Crippen LogP contribution in [0.15, 0.2) is 53.1 Å². The Balaban J connectivity index is 1.80. The molecule has 3 rings (SSSR count). The highest BCUT2D eigenvalue weighted by molar-refractivity contribution is 6.30. The normalized spacial score (nSPS) is 10.4. The van der Waals surface area contributed by atoms with Crippen molar-refractivity contribution in [3.63, 3.8) is 0 Å². The topological polar surface area (TPSA) is 56.5 Å². The van der Waals surface area contributed by atoms with Gasteiger partial charge in [-0.15, -0.1) is 0 Å². The van der Waals surface area contributed by atoms with Crippen molar-refractivity contribution in [1.29, 1.82) is 0 Å². The third-order valence-electron chi connectivity index (χ3n) is 3.27. The lowest BCUT2D eigenvalue weighted by Gasteiger charge is -2.09. The van der Waals surface area contributed by atoms with Gasteiger partial charge in [-0.05, 0) is 36.4 Å². The van der Waals surface area contributed by atoms with Gasteiger partial charge in [0.2, 0.25) is 0 Å². The number of benzene rings is 2. The summed E-state index contributed by atoms with van der Waals surface area (Å²) in [5.74, 6) is 1.94. The molecule has 0 aliphatic heterocycles. The largest absolute Gasteiger partial charge is 0.493 e. The minimum Gasteiger partial charge on any atom is -0.493 e. The van der Waals surface area contributed by atoms with Crippen LogP contribution >= 0.6 is 11.6 Å². The smallest absolute Gasteiger partial charge is 0.299 e. The fourth-order valence-electron chi connectivity index (χ4n) is 2.12. The number of anilines is 2. The van der Waals surface area contributed by atoms with Gasteiger partial charge in [-0.2, -0.15) is 0 Å². The lowest BCUT2D eigenvalue weighted by molar-refractivity contribution is 0.355. The van der Waals surface area contributed by atoms with Gasteiger partial charge in [-0.3, -0.25) is 0 Å². The van der Waals surface area contributed by atoms with Crippen LogP contribution in [-0.4, -0.2) is 19.2 Å². The van der Waals surface area contributed by atoms with Gasteiger partial charge in [0, 0.05) is 22.3 Å². The van der Waals surface area contributed by atoms with E-state index in [1.807, 2.05) is 30.3 Å². The monoisotopic (exact) mass is 330 g/mol. The number of nitrogens with one attached hydrogen (secondary N) is 1. The van der Waals surface area contributed by atoms with E-state index in [2.05, 4.69) is 10.3 Å². The van der Waals surface area contributed by atoms with Crippen LogP contribution < -0.4 is 14.8 Å². The Morgan fingerprint density at radius 1 is 1.00 bits per heavy atom. The summed E-state index contributed by atoms with van der Waals surface area (Å²) in [4.78, 5) is 4.23. The standard InChI is InChI=1S/C17H15ClN2O3/c1-21-14-8-7-13(9-15(14)22-2)20-17-19-10-16(23-17)11-3-5-12(18)6-4-11/h3-10H,1-2H3,(H,19,20). The van der Waals surface area contributed by atoms with Crippen LogP contribution in [0.5, 0.6) is 11.5 Å². The molecule has 0 amide bonds. The summed E-state index contributed by atoms with van der Waals surface area (Å²) in [5, 5.41) is 3.77. The van der Waals surface area contributed by atoms with Crippen molar-refractivity contribution in [1.82, 2.24) is 4.98 Å². The van der Waals surface area contributed by atoms with Crippen molar-refractivity contribution >= 4 is 23.3 Å². The van der Waals surface area contributed by atoms with Crippen LogP contribution in [0, 0.1) is 0 Å². The Hall–Kier alpha value is -2.66. The van der Waals surface area contributed by atoms with Gasteiger partial charge in [-0.25, -0.2) is 4.98 Å². The summed E-state index contributed by atoms with van der Waals surface area (Å²) in [6.45, 7) is 0. The molecule has 6 heteroatoms. The van der Waals surface area contributed by atoms with E-state index in [1.165, 1.54) is 0 Å². The first-order valence-electron chi connectivity index (χ1n) is 6.90. The molecule has 3 aromatic rings. The molecule has 5 nitrogen and oxygen atoms in total. The van der Waals surface area contributed by atoms with E-state index in [0.29, 0.717) is 28.3 Å². The molecule has 0 bridgehead atoms. The molecule has 0 aliphatic carbocycles. The van der Waals surface area contributed by atoms with Gasteiger partial charge in [0.15, 0.2) is 17.3 Å². The average molecular weight is 331 g/mol. The fraction of sp³-hybridized carbons (Fsp3) is 0.118. The van der Waals surface area contributed by atoms with Crippen molar-refractivity contribution in [3.8, 4) is 22.8 Å². The fourth-order valence-corrected chi connectivity index (χ4v) is 2.24. The van der Waals surface area contributed by atoms with Crippen LogP contribution in [-0.2, 0) is 0 Å². The molecular formula is C17H15ClN2O3. The molecule has 0 atom stereocenters. The summed E-state index contributed by atoms with van der Waals surface area (Å²) in [5.41, 5.74) is 1.69. The molecule has 0 aliphatic rings. The zero-order valence-electron chi connectivity index (χ0n) is 12.7. The van der Waals surface area contributed by atoms with Crippen LogP contribution in [0.1, 0.15) is 0 Å². The van der Waals surface area contributed by atoms with E-state index in [-0.39, 0.29) is 0 Å². The Labute approximate surface area is 138 Å². The molecule has 1 heterocycles. The Kier molecular flexibility index (Phi) is 4.39. The third-order valence-corrected chi connectivity index (χ3v) is 3.52. The minimum atomic E-state index is 0.391. The van der Waals surface area contributed by atoms with E-state index in [0.717, 1.165) is 11.3 Å². The highest BCUT2D eigenvalue weighted by atomic mass is 35.5. The van der Waals surface area contributed by atoms with Gasteiger partial charge >= 0.3 is 0 Å². The molecule has 0 radical (unpaired) electrons. The van der Waals surface area contributed by atoms with Gasteiger partial charge in [0.1, 0.15) is 0 Å². The van der Waals surface area contributed by atoms with E-state index in [4.69, 9.17) is 25.5 Å². The van der Waals surface area contributed by atoms with Gasteiger partial charge < -0.3 is 19.2 Å². The van der Waals surface area contributed by atoms with E-state index >= 15 is 0 Å². The van der Waals surface area contributed by atoms with Crippen molar-refractivity contribution in [3.05, 3.63) is 53.7 Å². The molecule has 0 saturated heterocycles. The number of aromatic nitrogens is 1. The second-order valence-electron chi connectivity index (χ2n) is 4.73. The number of rotatable bonds is 5. The number of nitrogens with zero attached hydrogens (tertiary/aromatic N) is 1. The number of halogens is 1. The second-order valence-corrected chi connectivity index (χ2v) is 5.17. The predicted molar refractivity (Wildman–Crippen MR) is 89.8 cm³/mol. The molecule has 1 N–H and O–H groups in total. The van der Waals surface area contributed by atoms with Crippen molar-refractivity contribution in [2.75, 3.05) is 19.5 Å². The molecule has 23 heavy (non-hydrogen) atoms. The summed E-state index contributed by atoms with van der Waals surface area (Å²) in [6.07, 6.45) is 1.66. The van der Waals surface area contributed by atoms with Crippen LogP contribution in [0.25, 0.3) is 11.3 Å². The first-order valence-corrected chi connectivity index (χ1v) is 7.28. The summed E-state index contributed by atoms with van der Waals surface area (Å²) < 4.78 is 16.2. The lowest BCUT2D eigenvalue weighted by atomic mass is 10.2. The number of ether oxygens (including phenoxy) is 2. The van der Waals surface area contributed by atoms with Crippen LogP contribution in [0.2, 0.25) is 5.02 Å². The van der Waals surface area contributed by atoms with Crippen molar-refractivity contribution in [2.45, 2.75) is 0 Å². The maximum atomic E-state index is 5.88. The summed E-state index contributed by atoms with van der Waals surface area (Å²) in [6, 6.07) is 13.2. The Bertz CT molecular complexity index is 800. The highest BCUT2D eigenvalue weighted by Crippen LogP contribution is 2.32. The van der Waals surface area contributed by atoms with Gasteiger partial charge in [0.25, 0.3) is 6.01 Å². The van der Waals surface area contributed by atoms with Gasteiger partial charge in [0.05, 0.1) is 20.4 Å². The molecule has 118 valence electrons. The maximum absolute atomic E-state index is 5.88. The molecule has 0 fully saturated rings. The first kappa shape index (κ1) is 15.2. The molecule has 0 spiro atoms. The second kappa shape index (κ2) is 6.62. The Morgan fingerprint density at radius 2 is 1.74 bits per heavy atom. The number of hydrogen-bond donors (Lipinski definition) is 1. The first-order chi connectivity index (χ1) is 11.2. The zero-order chi connectivity index (χ0) is 16.2. The van der Waals surface area contributed by atoms with Crippen molar-refractivity contribution in [2.24, 2.45) is 0 Å². The van der Waals surface area contributed by atoms with E-state index in [9.17, 15) is 0 Å². The van der Waals surface area contributed by atoms with Crippen molar-refractivity contribution < 1.29 is 13.9 Å². The lowest BCUT2D eigenvalue weighted by Crippen LogP contribution is -1.94. The van der Waals surface area contributed by atoms with E-state index < -0.39 is 0 Å². The summed E-state index contributed by atoms with van der Waals surface area (Å²) in [7, 11) is 3.18. The summed E-state index contributed by atoms with van der Waals surface area (Å²) >= 11 is 5.88. The minimum absolute atomic E-state index is 0.391. The number of hydrogen-bond acceptors (Lipinski definition) is 5. The van der Waals surface area contributed by atoms with Crippen LogP contribution in [0.4, 0.5) is 11.7 Å². The molecule has 2 aromatic carbocycles. The number of oxazole rings is 1. The zero-order valence-corrected chi connectivity index (χ0v) is 13.4. The highest BCUT2D eigenvalue weighted by Gasteiger charge is 2.09. The molecule has 1 aromatic heterocycles. The third kappa shape index (κ3) is 3.40. The van der Waals surface area contributed by atoms with Gasteiger partial charge in [-0.1, -0.05) is 11.6 Å². The van der Waals surface area contributed by atoms with Crippen LogP contribution in [0.3, 0.4) is 0 Å². The maximum Gasteiger partial charge on any atom is 0.299 e. The van der Waals surface area contributed by atoms with E-state index in [1.54, 1.807) is 32.5 Å². The quantitative estimate of drug-likeness (QED) is 0.731. The SMILES string of the molecule is COc1ccc(Nc2ncc(-c3ccc(Cl)cc3)o2)cc1OC. The molecule has 0 saturated carbocycles.